The highest BCUT2D eigenvalue weighted by molar-refractivity contribution is 8.00. The maximum atomic E-state index is 12.2. The molecule has 0 aromatic carbocycles. The molecule has 0 spiro atoms. The molecule has 1 aromatic heterocycles. The summed E-state index contributed by atoms with van der Waals surface area (Å²) in [4.78, 5) is 18.3. The minimum absolute atomic E-state index is 0.0150. The number of hydrogen-bond acceptors (Lipinski definition) is 6. The van der Waals surface area contributed by atoms with Gasteiger partial charge in [0.2, 0.25) is 0 Å². The average molecular weight is 313 g/mol. The van der Waals surface area contributed by atoms with Gasteiger partial charge in [0.05, 0.1) is 6.61 Å². The summed E-state index contributed by atoms with van der Waals surface area (Å²) in [6.45, 7) is 3.57. The first-order valence-electron chi connectivity index (χ1n) is 7.22. The van der Waals surface area contributed by atoms with Crippen molar-refractivity contribution in [3.63, 3.8) is 0 Å². The standard InChI is InChI=1S/C14H23N3O3S/c1-4-5-7-16(2)11-6-8-17(14(18)15-11)12-10-21-13(20-12)9-19-3/h6,8,12-13H,4-5,7,9-10H2,1-3H3/t12-,13+/m0/s1. The van der Waals surface area contributed by atoms with Gasteiger partial charge < -0.3 is 14.4 Å². The Labute approximate surface area is 129 Å². The molecule has 21 heavy (non-hydrogen) atoms. The lowest BCUT2D eigenvalue weighted by atomic mass is 10.3. The van der Waals surface area contributed by atoms with E-state index < -0.39 is 0 Å². The van der Waals surface area contributed by atoms with Gasteiger partial charge in [-0.1, -0.05) is 13.3 Å². The second-order valence-corrected chi connectivity index (χ2v) is 6.25. The number of nitrogens with zero attached hydrogens (tertiary/aromatic N) is 3. The van der Waals surface area contributed by atoms with Crippen LogP contribution in [-0.2, 0) is 9.47 Å². The quantitative estimate of drug-likeness (QED) is 0.764. The first kappa shape index (κ1) is 16.3. The number of aromatic nitrogens is 2. The van der Waals surface area contributed by atoms with E-state index in [2.05, 4.69) is 11.9 Å². The molecule has 0 saturated carbocycles. The monoisotopic (exact) mass is 313 g/mol. The topological polar surface area (TPSA) is 56.6 Å². The molecule has 2 heterocycles. The molecule has 2 atom stereocenters. The second kappa shape index (κ2) is 7.82. The van der Waals surface area contributed by atoms with E-state index in [9.17, 15) is 4.79 Å². The summed E-state index contributed by atoms with van der Waals surface area (Å²) in [6.07, 6.45) is 3.72. The third-order valence-electron chi connectivity index (χ3n) is 3.40. The van der Waals surface area contributed by atoms with E-state index in [1.165, 1.54) is 0 Å². The van der Waals surface area contributed by atoms with E-state index in [0.29, 0.717) is 12.4 Å². The Morgan fingerprint density at radius 3 is 3.10 bits per heavy atom. The van der Waals surface area contributed by atoms with Crippen LogP contribution in [0, 0.1) is 0 Å². The molecular formula is C14H23N3O3S. The normalized spacial score (nSPS) is 21.7. The fraction of sp³-hybridized carbons (Fsp3) is 0.714. The van der Waals surface area contributed by atoms with Gasteiger partial charge in [0.15, 0.2) is 0 Å². The molecule has 2 rings (SSSR count). The van der Waals surface area contributed by atoms with Gasteiger partial charge in [-0.05, 0) is 12.5 Å². The number of anilines is 1. The molecule has 0 radical (unpaired) electrons. The molecule has 1 aromatic rings. The van der Waals surface area contributed by atoms with Crippen LogP contribution in [0.3, 0.4) is 0 Å². The number of thioether (sulfide) groups is 1. The number of methoxy groups -OCH3 is 1. The maximum absolute atomic E-state index is 12.2. The van der Waals surface area contributed by atoms with Gasteiger partial charge in [-0.25, -0.2) is 4.79 Å². The zero-order chi connectivity index (χ0) is 15.2. The highest BCUT2D eigenvalue weighted by atomic mass is 32.2. The Kier molecular flexibility index (Phi) is 6.08. The number of rotatable bonds is 7. The van der Waals surface area contributed by atoms with Gasteiger partial charge in [0.1, 0.15) is 17.5 Å². The van der Waals surface area contributed by atoms with Crippen molar-refractivity contribution in [3.05, 3.63) is 22.7 Å². The Hall–Kier alpha value is -1.05. The summed E-state index contributed by atoms with van der Waals surface area (Å²) in [5, 5.41) is 0. The van der Waals surface area contributed by atoms with Crippen molar-refractivity contribution in [2.24, 2.45) is 0 Å². The zero-order valence-corrected chi connectivity index (χ0v) is 13.6. The van der Waals surface area contributed by atoms with Gasteiger partial charge in [0, 0.05) is 32.7 Å². The molecule has 1 aliphatic rings. The van der Waals surface area contributed by atoms with E-state index in [1.807, 2.05) is 18.0 Å². The SMILES string of the molecule is CCCCN(C)c1ccn([C@@H]2CS[C@H](COC)O2)c(=O)n1. The molecule has 118 valence electrons. The van der Waals surface area contributed by atoms with Crippen molar-refractivity contribution in [2.45, 2.75) is 31.4 Å². The first-order valence-corrected chi connectivity index (χ1v) is 8.27. The molecule has 0 amide bonds. The molecule has 0 unspecified atom stereocenters. The summed E-state index contributed by atoms with van der Waals surface area (Å²) in [6, 6.07) is 1.87. The average Bonchev–Trinajstić information content (AvgIpc) is 2.93. The van der Waals surface area contributed by atoms with Crippen LogP contribution in [0.2, 0.25) is 0 Å². The van der Waals surface area contributed by atoms with Crippen molar-refractivity contribution in [1.82, 2.24) is 9.55 Å². The number of ether oxygens (including phenoxy) is 2. The Bertz CT molecular complexity index is 508. The van der Waals surface area contributed by atoms with Crippen LogP contribution in [-0.4, -0.2) is 48.0 Å². The number of unbranched alkanes of at least 4 members (excludes halogenated alkanes) is 1. The molecule has 0 bridgehead atoms. The van der Waals surface area contributed by atoms with Crippen LogP contribution in [0.15, 0.2) is 17.1 Å². The molecular weight excluding hydrogens is 290 g/mol. The van der Waals surface area contributed by atoms with Gasteiger partial charge in [-0.2, -0.15) is 4.98 Å². The molecule has 7 heteroatoms. The van der Waals surface area contributed by atoms with Gasteiger partial charge in [-0.15, -0.1) is 11.8 Å². The van der Waals surface area contributed by atoms with Gasteiger partial charge in [-0.3, -0.25) is 4.57 Å². The lowest BCUT2D eigenvalue weighted by molar-refractivity contribution is -0.0152. The molecule has 1 saturated heterocycles. The van der Waals surface area contributed by atoms with Crippen molar-refractivity contribution in [1.29, 1.82) is 0 Å². The van der Waals surface area contributed by atoms with Crippen molar-refractivity contribution < 1.29 is 9.47 Å². The maximum Gasteiger partial charge on any atom is 0.351 e. The van der Waals surface area contributed by atoms with Crippen molar-refractivity contribution in [2.75, 3.05) is 38.0 Å². The van der Waals surface area contributed by atoms with Crippen LogP contribution in [0.1, 0.15) is 26.0 Å². The van der Waals surface area contributed by atoms with Crippen LogP contribution in [0.25, 0.3) is 0 Å². The highest BCUT2D eigenvalue weighted by Gasteiger charge is 2.28. The Balaban J connectivity index is 2.04. The lowest BCUT2D eigenvalue weighted by Crippen LogP contribution is -2.31. The van der Waals surface area contributed by atoms with Gasteiger partial charge >= 0.3 is 5.69 Å². The van der Waals surface area contributed by atoms with E-state index in [1.54, 1.807) is 29.6 Å². The Morgan fingerprint density at radius 2 is 2.43 bits per heavy atom. The molecule has 0 N–H and O–H groups in total. The molecule has 6 nitrogen and oxygen atoms in total. The summed E-state index contributed by atoms with van der Waals surface area (Å²) >= 11 is 1.66. The highest BCUT2D eigenvalue weighted by Crippen LogP contribution is 2.30. The predicted molar refractivity (Wildman–Crippen MR) is 84.9 cm³/mol. The minimum Gasteiger partial charge on any atom is -0.381 e. The fourth-order valence-electron chi connectivity index (χ4n) is 2.16. The number of hydrogen-bond donors (Lipinski definition) is 0. The van der Waals surface area contributed by atoms with Crippen LogP contribution < -0.4 is 10.6 Å². The fourth-order valence-corrected chi connectivity index (χ4v) is 3.22. The molecule has 0 aliphatic carbocycles. The lowest BCUT2D eigenvalue weighted by Gasteiger charge is -2.19. The molecule has 1 fully saturated rings. The summed E-state index contributed by atoms with van der Waals surface area (Å²) in [5.74, 6) is 1.45. The van der Waals surface area contributed by atoms with E-state index >= 15 is 0 Å². The van der Waals surface area contributed by atoms with Crippen molar-refractivity contribution >= 4 is 17.6 Å². The smallest absolute Gasteiger partial charge is 0.351 e. The predicted octanol–water partition coefficient (Wildman–Crippen LogP) is 1.71. The molecule has 1 aliphatic heterocycles. The van der Waals surface area contributed by atoms with E-state index in [4.69, 9.17) is 9.47 Å². The van der Waals surface area contributed by atoms with E-state index in [0.717, 1.165) is 25.1 Å². The van der Waals surface area contributed by atoms with Gasteiger partial charge in [0.25, 0.3) is 0 Å². The van der Waals surface area contributed by atoms with Crippen LogP contribution in [0.5, 0.6) is 0 Å². The zero-order valence-electron chi connectivity index (χ0n) is 12.8. The third kappa shape index (κ3) is 4.21. The van der Waals surface area contributed by atoms with Crippen molar-refractivity contribution in [3.8, 4) is 0 Å². The van der Waals surface area contributed by atoms with Crippen LogP contribution in [0.4, 0.5) is 5.82 Å². The minimum atomic E-state index is -0.264. The third-order valence-corrected chi connectivity index (χ3v) is 4.50. The largest absolute Gasteiger partial charge is 0.381 e. The Morgan fingerprint density at radius 1 is 1.62 bits per heavy atom. The summed E-state index contributed by atoms with van der Waals surface area (Å²) in [7, 11) is 3.60. The first-order chi connectivity index (χ1) is 10.2. The van der Waals surface area contributed by atoms with E-state index in [-0.39, 0.29) is 17.4 Å². The summed E-state index contributed by atoms with van der Waals surface area (Å²) < 4.78 is 12.4. The van der Waals surface area contributed by atoms with Crippen LogP contribution >= 0.6 is 11.8 Å². The second-order valence-electron chi connectivity index (χ2n) is 5.06. The summed E-state index contributed by atoms with van der Waals surface area (Å²) in [5.41, 5.74) is -0.279.